The van der Waals surface area contributed by atoms with Crippen LogP contribution in [0.15, 0.2) is 32.8 Å². The number of halogens is 1. The second-order valence-electron chi connectivity index (χ2n) is 5.69. The first-order valence-electron chi connectivity index (χ1n) is 6.47. The molecule has 0 saturated heterocycles. The average Bonchev–Trinajstić information content (AvgIpc) is 2.75. The molecule has 0 spiro atoms. The molecule has 0 aliphatic carbocycles. The second kappa shape index (κ2) is 6.24. The Kier molecular flexibility index (Phi) is 4.83. The van der Waals surface area contributed by atoms with Gasteiger partial charge >= 0.3 is 0 Å². The molecule has 0 radical (unpaired) electrons. The fraction of sp³-hybridized carbons (Fsp3) is 0.400. The molecule has 0 aliphatic heterocycles. The summed E-state index contributed by atoms with van der Waals surface area (Å²) >= 11 is 2.95. The zero-order valence-electron chi connectivity index (χ0n) is 12.2. The van der Waals surface area contributed by atoms with Crippen molar-refractivity contribution in [3.8, 4) is 0 Å². The van der Waals surface area contributed by atoms with Crippen molar-refractivity contribution < 1.29 is 4.39 Å². The van der Waals surface area contributed by atoms with Crippen LogP contribution in [0.25, 0.3) is 0 Å². The number of aromatic nitrogens is 1. The van der Waals surface area contributed by atoms with Gasteiger partial charge in [0.2, 0.25) is 0 Å². The molecule has 1 heterocycles. The van der Waals surface area contributed by atoms with Gasteiger partial charge in [0.25, 0.3) is 0 Å². The lowest BCUT2D eigenvalue weighted by atomic mass is 10.1. The molecule has 2 aromatic rings. The van der Waals surface area contributed by atoms with E-state index in [4.69, 9.17) is 0 Å². The van der Waals surface area contributed by atoms with Crippen LogP contribution in [-0.2, 0) is 6.54 Å². The van der Waals surface area contributed by atoms with Crippen LogP contribution >= 0.6 is 23.1 Å². The summed E-state index contributed by atoms with van der Waals surface area (Å²) in [5, 5.41) is 5.38. The van der Waals surface area contributed by atoms with Gasteiger partial charge in [-0.15, -0.1) is 11.3 Å². The highest BCUT2D eigenvalue weighted by atomic mass is 32.2. The van der Waals surface area contributed by atoms with Crippen molar-refractivity contribution in [3.05, 3.63) is 40.7 Å². The summed E-state index contributed by atoms with van der Waals surface area (Å²) in [5.41, 5.74) is 1.95. The van der Waals surface area contributed by atoms with E-state index in [1.165, 1.54) is 17.8 Å². The van der Waals surface area contributed by atoms with Gasteiger partial charge in [-0.3, -0.25) is 0 Å². The summed E-state index contributed by atoms with van der Waals surface area (Å²) in [7, 11) is 0. The fourth-order valence-electron chi connectivity index (χ4n) is 1.63. The number of thiazole rings is 1. The Bertz CT molecular complexity index is 588. The maximum atomic E-state index is 14.1. The van der Waals surface area contributed by atoms with E-state index in [9.17, 15) is 4.39 Å². The van der Waals surface area contributed by atoms with Crippen LogP contribution in [0.2, 0.25) is 0 Å². The number of nitrogens with zero attached hydrogens (tertiary/aromatic N) is 1. The normalized spacial score (nSPS) is 11.8. The first kappa shape index (κ1) is 15.5. The zero-order valence-corrected chi connectivity index (χ0v) is 13.8. The van der Waals surface area contributed by atoms with Crippen molar-refractivity contribution in [1.82, 2.24) is 10.3 Å². The predicted molar refractivity (Wildman–Crippen MR) is 84.0 cm³/mol. The van der Waals surface area contributed by atoms with Crippen molar-refractivity contribution in [1.29, 1.82) is 0 Å². The first-order chi connectivity index (χ1) is 9.35. The molecule has 20 heavy (non-hydrogen) atoms. The maximum absolute atomic E-state index is 14.1. The minimum atomic E-state index is -0.184. The molecule has 0 bridgehead atoms. The average molecular weight is 310 g/mol. The van der Waals surface area contributed by atoms with E-state index in [1.54, 1.807) is 17.4 Å². The second-order valence-corrected chi connectivity index (χ2v) is 7.80. The van der Waals surface area contributed by atoms with E-state index in [1.807, 2.05) is 18.4 Å². The Morgan fingerprint density at radius 2 is 2.10 bits per heavy atom. The summed E-state index contributed by atoms with van der Waals surface area (Å²) < 4.78 is 15.0. The number of aryl methyl sites for hydroxylation is 1. The molecule has 0 atom stereocenters. The molecule has 0 amide bonds. The number of rotatable bonds is 4. The SMILES string of the molecule is Cc1csc(Sc2c(F)cccc2CNC(C)(C)C)n1. The molecular weight excluding hydrogens is 291 g/mol. The van der Waals surface area contributed by atoms with E-state index in [0.717, 1.165) is 15.6 Å². The van der Waals surface area contributed by atoms with Crippen molar-refractivity contribution in [2.45, 2.75) is 49.0 Å². The smallest absolute Gasteiger partial charge is 0.155 e. The quantitative estimate of drug-likeness (QED) is 0.891. The summed E-state index contributed by atoms with van der Waals surface area (Å²) in [6.45, 7) is 8.90. The summed E-state index contributed by atoms with van der Waals surface area (Å²) in [6.07, 6.45) is 0. The molecule has 1 aromatic heterocycles. The fourth-order valence-corrected chi connectivity index (χ4v) is 3.54. The molecule has 0 saturated carbocycles. The molecule has 5 heteroatoms. The number of benzene rings is 1. The van der Waals surface area contributed by atoms with Crippen LogP contribution in [0.3, 0.4) is 0 Å². The topological polar surface area (TPSA) is 24.9 Å². The Balaban J connectivity index is 2.22. The number of nitrogens with one attached hydrogen (secondary N) is 1. The molecule has 2 nitrogen and oxygen atoms in total. The molecule has 2 rings (SSSR count). The van der Waals surface area contributed by atoms with Gasteiger partial charge in [0, 0.05) is 23.2 Å². The molecule has 108 valence electrons. The molecular formula is C15H19FN2S2. The van der Waals surface area contributed by atoms with Gasteiger partial charge < -0.3 is 5.32 Å². The van der Waals surface area contributed by atoms with E-state index in [0.29, 0.717) is 11.4 Å². The van der Waals surface area contributed by atoms with Gasteiger partial charge in [0.1, 0.15) is 5.82 Å². The van der Waals surface area contributed by atoms with Gasteiger partial charge in [-0.25, -0.2) is 9.37 Å². The predicted octanol–water partition coefficient (Wildman–Crippen LogP) is 4.63. The van der Waals surface area contributed by atoms with Gasteiger partial charge in [0.05, 0.1) is 4.90 Å². The Morgan fingerprint density at radius 3 is 2.70 bits per heavy atom. The van der Waals surface area contributed by atoms with E-state index >= 15 is 0 Å². The van der Waals surface area contributed by atoms with Gasteiger partial charge in [-0.05, 0) is 39.3 Å². The van der Waals surface area contributed by atoms with Crippen molar-refractivity contribution in [2.24, 2.45) is 0 Å². The Hall–Kier alpha value is -0.910. The standard InChI is InChI=1S/C15H19FN2S2/c1-10-9-19-14(18-10)20-13-11(6-5-7-12(13)16)8-17-15(2,3)4/h5-7,9,17H,8H2,1-4H3. The van der Waals surface area contributed by atoms with Gasteiger partial charge in [-0.1, -0.05) is 23.9 Å². The highest BCUT2D eigenvalue weighted by Gasteiger charge is 2.15. The molecule has 0 aliphatic rings. The summed E-state index contributed by atoms with van der Waals surface area (Å²) in [5.74, 6) is -0.184. The number of hydrogen-bond donors (Lipinski definition) is 1. The van der Waals surface area contributed by atoms with Crippen molar-refractivity contribution >= 4 is 23.1 Å². The van der Waals surface area contributed by atoms with Gasteiger partial charge in [-0.2, -0.15) is 0 Å². The molecule has 1 aromatic carbocycles. The monoisotopic (exact) mass is 310 g/mol. The van der Waals surface area contributed by atoms with Crippen LogP contribution in [0.5, 0.6) is 0 Å². The minimum Gasteiger partial charge on any atom is -0.308 e. The third-order valence-corrected chi connectivity index (χ3v) is 4.86. The first-order valence-corrected chi connectivity index (χ1v) is 8.17. The van der Waals surface area contributed by atoms with Crippen LogP contribution in [0.1, 0.15) is 32.0 Å². The van der Waals surface area contributed by atoms with E-state index < -0.39 is 0 Å². The van der Waals surface area contributed by atoms with Crippen LogP contribution in [0, 0.1) is 12.7 Å². The molecule has 0 unspecified atom stereocenters. The Morgan fingerprint density at radius 1 is 1.35 bits per heavy atom. The highest BCUT2D eigenvalue weighted by Crippen LogP contribution is 2.34. The van der Waals surface area contributed by atoms with E-state index in [-0.39, 0.29) is 11.4 Å². The van der Waals surface area contributed by atoms with Gasteiger partial charge in [0.15, 0.2) is 4.34 Å². The summed E-state index contributed by atoms with van der Waals surface area (Å²) in [4.78, 5) is 5.06. The molecule has 1 N–H and O–H groups in total. The van der Waals surface area contributed by atoms with Crippen LogP contribution in [-0.4, -0.2) is 10.5 Å². The summed E-state index contributed by atoms with van der Waals surface area (Å²) in [6, 6.07) is 5.22. The van der Waals surface area contributed by atoms with Crippen LogP contribution in [0.4, 0.5) is 4.39 Å². The lowest BCUT2D eigenvalue weighted by Gasteiger charge is -2.21. The van der Waals surface area contributed by atoms with Crippen molar-refractivity contribution in [3.63, 3.8) is 0 Å². The lowest BCUT2D eigenvalue weighted by molar-refractivity contribution is 0.421. The van der Waals surface area contributed by atoms with E-state index in [2.05, 4.69) is 31.1 Å². The lowest BCUT2D eigenvalue weighted by Crippen LogP contribution is -2.35. The highest BCUT2D eigenvalue weighted by molar-refractivity contribution is 8.01. The zero-order chi connectivity index (χ0) is 14.8. The maximum Gasteiger partial charge on any atom is 0.155 e. The third kappa shape index (κ3) is 4.30. The minimum absolute atomic E-state index is 0.00598. The van der Waals surface area contributed by atoms with Crippen molar-refractivity contribution in [2.75, 3.05) is 0 Å². The Labute approximate surface area is 127 Å². The largest absolute Gasteiger partial charge is 0.308 e. The molecule has 0 fully saturated rings. The third-order valence-electron chi connectivity index (χ3n) is 2.65. The van der Waals surface area contributed by atoms with Crippen LogP contribution < -0.4 is 5.32 Å². The number of hydrogen-bond acceptors (Lipinski definition) is 4.